The predicted octanol–water partition coefficient (Wildman–Crippen LogP) is 4.04. The molecule has 1 heterocycles. The van der Waals surface area contributed by atoms with Gasteiger partial charge < -0.3 is 14.6 Å². The van der Waals surface area contributed by atoms with Crippen molar-refractivity contribution in [3.63, 3.8) is 0 Å². The van der Waals surface area contributed by atoms with Crippen molar-refractivity contribution in [2.24, 2.45) is 0 Å². The Labute approximate surface area is 149 Å². The number of benzene rings is 2. The molecule has 1 N–H and O–H groups in total. The van der Waals surface area contributed by atoms with E-state index in [0.717, 1.165) is 5.56 Å². The first-order chi connectivity index (χ1) is 12.5. The Hall–Kier alpha value is -3.61. The molecule has 0 unspecified atom stereocenters. The molecule has 7 heteroatoms. The lowest BCUT2D eigenvalue weighted by molar-refractivity contribution is -0.383. The predicted molar refractivity (Wildman–Crippen MR) is 98.5 cm³/mol. The lowest BCUT2D eigenvalue weighted by atomic mass is 10.1. The average molecular weight is 352 g/mol. The summed E-state index contributed by atoms with van der Waals surface area (Å²) in [7, 11) is 2.90. The van der Waals surface area contributed by atoms with Gasteiger partial charge >= 0.3 is 0 Å². The van der Waals surface area contributed by atoms with Gasteiger partial charge in [0.25, 0.3) is 5.69 Å². The van der Waals surface area contributed by atoms with Gasteiger partial charge in [0.1, 0.15) is 5.52 Å². The van der Waals surface area contributed by atoms with Gasteiger partial charge in [-0.3, -0.25) is 10.1 Å². The number of non-ortho nitro benzene ring substituents is 1. The van der Waals surface area contributed by atoms with E-state index in [1.807, 2.05) is 0 Å². The van der Waals surface area contributed by atoms with E-state index in [9.17, 15) is 15.2 Å². The number of pyridine rings is 1. The Balaban J connectivity index is 2.01. The molecule has 0 saturated carbocycles. The fourth-order valence-electron chi connectivity index (χ4n) is 2.58. The van der Waals surface area contributed by atoms with E-state index in [4.69, 9.17) is 9.47 Å². The maximum atomic E-state index is 11.2. The summed E-state index contributed by atoms with van der Waals surface area (Å²) < 4.78 is 10.3. The molecule has 0 aliphatic carbocycles. The first-order valence-electron chi connectivity index (χ1n) is 7.70. The summed E-state index contributed by atoms with van der Waals surface area (Å²) in [5.74, 6) is 0.490. The van der Waals surface area contributed by atoms with Crippen LogP contribution < -0.4 is 9.47 Å². The number of fused-ring (bicyclic) bond motifs is 1. The summed E-state index contributed by atoms with van der Waals surface area (Å²) in [6.07, 6.45) is 3.48. The summed E-state index contributed by atoms with van der Waals surface area (Å²) in [6.45, 7) is 0. The van der Waals surface area contributed by atoms with Gasteiger partial charge in [-0.1, -0.05) is 24.3 Å². The van der Waals surface area contributed by atoms with Crippen molar-refractivity contribution in [1.82, 2.24) is 4.98 Å². The Kier molecular flexibility index (Phi) is 4.70. The van der Waals surface area contributed by atoms with Crippen molar-refractivity contribution in [3.8, 4) is 17.2 Å². The first kappa shape index (κ1) is 17.2. The van der Waals surface area contributed by atoms with Crippen LogP contribution in [-0.4, -0.2) is 29.2 Å². The normalized spacial score (nSPS) is 11.0. The van der Waals surface area contributed by atoms with Crippen LogP contribution in [0.5, 0.6) is 17.2 Å². The molecular weight excluding hydrogens is 336 g/mol. The number of rotatable bonds is 5. The van der Waals surface area contributed by atoms with Crippen LogP contribution in [0, 0.1) is 10.1 Å². The van der Waals surface area contributed by atoms with Gasteiger partial charge in [0, 0.05) is 11.5 Å². The Morgan fingerprint density at radius 1 is 1.08 bits per heavy atom. The lowest BCUT2D eigenvalue weighted by Crippen LogP contribution is -1.92. The number of nitrogens with zero attached hydrogens (tertiary/aromatic N) is 2. The number of hydrogen-bond donors (Lipinski definition) is 1. The molecule has 0 radical (unpaired) electrons. The minimum atomic E-state index is -0.446. The summed E-state index contributed by atoms with van der Waals surface area (Å²) in [4.78, 5) is 15.1. The zero-order chi connectivity index (χ0) is 18.7. The fourth-order valence-corrected chi connectivity index (χ4v) is 2.58. The molecule has 3 rings (SSSR count). The van der Waals surface area contributed by atoms with Gasteiger partial charge in [-0.15, -0.1) is 0 Å². The van der Waals surface area contributed by atoms with E-state index in [2.05, 4.69) is 4.98 Å². The molecule has 2 aromatic carbocycles. The van der Waals surface area contributed by atoms with E-state index < -0.39 is 4.92 Å². The van der Waals surface area contributed by atoms with Crippen molar-refractivity contribution in [3.05, 3.63) is 63.8 Å². The minimum Gasteiger partial charge on any atom is -0.502 e. The Morgan fingerprint density at radius 3 is 2.38 bits per heavy atom. The molecule has 0 spiro atoms. The van der Waals surface area contributed by atoms with Gasteiger partial charge in [0.15, 0.2) is 11.5 Å². The number of aromatic nitrogens is 1. The second-order valence-corrected chi connectivity index (χ2v) is 5.45. The van der Waals surface area contributed by atoms with Crippen molar-refractivity contribution in [2.45, 2.75) is 0 Å². The van der Waals surface area contributed by atoms with Crippen molar-refractivity contribution < 1.29 is 19.5 Å². The second kappa shape index (κ2) is 7.10. The van der Waals surface area contributed by atoms with Crippen LogP contribution in [0.2, 0.25) is 0 Å². The molecule has 0 saturated heterocycles. The van der Waals surface area contributed by atoms with Crippen molar-refractivity contribution >= 4 is 28.7 Å². The lowest BCUT2D eigenvalue weighted by Gasteiger charge is -2.09. The molecular formula is C19H16N2O5. The van der Waals surface area contributed by atoms with Gasteiger partial charge in [0.05, 0.1) is 24.8 Å². The van der Waals surface area contributed by atoms with Crippen molar-refractivity contribution in [2.75, 3.05) is 14.2 Å². The molecule has 0 atom stereocenters. The highest BCUT2D eigenvalue weighted by Crippen LogP contribution is 2.37. The standard InChI is InChI=1S/C19H16N2O5/c1-25-16-10-12(11-17(26-2)19(16)22)6-8-14-9-7-13-4-3-5-15(21(23)24)18(13)20-14/h3-11,22H,1-2H3/b8-6+. The number of para-hydroxylation sites is 1. The highest BCUT2D eigenvalue weighted by atomic mass is 16.6. The van der Waals surface area contributed by atoms with E-state index in [-0.39, 0.29) is 22.9 Å². The first-order valence-corrected chi connectivity index (χ1v) is 7.70. The third-order valence-electron chi connectivity index (χ3n) is 3.87. The number of aromatic hydroxyl groups is 1. The zero-order valence-corrected chi connectivity index (χ0v) is 14.2. The van der Waals surface area contributed by atoms with E-state index in [0.29, 0.717) is 16.6 Å². The zero-order valence-electron chi connectivity index (χ0n) is 14.2. The average Bonchev–Trinajstić information content (AvgIpc) is 2.66. The molecule has 26 heavy (non-hydrogen) atoms. The van der Waals surface area contributed by atoms with Gasteiger partial charge in [-0.25, -0.2) is 4.98 Å². The number of phenolic OH excluding ortho intramolecular Hbond substituents is 1. The quantitative estimate of drug-likeness (QED) is 0.550. The molecule has 0 fully saturated rings. The molecule has 0 bridgehead atoms. The van der Waals surface area contributed by atoms with Crippen LogP contribution in [-0.2, 0) is 0 Å². The highest BCUT2D eigenvalue weighted by molar-refractivity contribution is 5.88. The molecule has 3 aromatic rings. The topological polar surface area (TPSA) is 94.7 Å². The van der Waals surface area contributed by atoms with E-state index >= 15 is 0 Å². The largest absolute Gasteiger partial charge is 0.502 e. The Morgan fingerprint density at radius 2 is 1.77 bits per heavy atom. The summed E-state index contributed by atoms with van der Waals surface area (Å²) >= 11 is 0. The fraction of sp³-hybridized carbons (Fsp3) is 0.105. The highest BCUT2D eigenvalue weighted by Gasteiger charge is 2.13. The van der Waals surface area contributed by atoms with Gasteiger partial charge in [-0.05, 0) is 29.8 Å². The molecule has 1 aromatic heterocycles. The number of nitro benzene ring substituents is 1. The third-order valence-corrected chi connectivity index (χ3v) is 3.87. The van der Waals surface area contributed by atoms with Crippen molar-refractivity contribution in [1.29, 1.82) is 0 Å². The smallest absolute Gasteiger partial charge is 0.295 e. The van der Waals surface area contributed by atoms with Crippen LogP contribution in [0.25, 0.3) is 23.1 Å². The molecule has 0 amide bonds. The number of methoxy groups -OCH3 is 2. The number of hydrogen-bond acceptors (Lipinski definition) is 6. The molecule has 0 aliphatic rings. The van der Waals surface area contributed by atoms with Crippen LogP contribution in [0.1, 0.15) is 11.3 Å². The number of phenols is 1. The van der Waals surface area contributed by atoms with E-state index in [1.165, 1.54) is 20.3 Å². The third kappa shape index (κ3) is 3.27. The van der Waals surface area contributed by atoms with Crippen LogP contribution >= 0.6 is 0 Å². The number of ether oxygens (including phenoxy) is 2. The monoisotopic (exact) mass is 352 g/mol. The van der Waals surface area contributed by atoms with Crippen LogP contribution in [0.4, 0.5) is 5.69 Å². The SMILES string of the molecule is COc1cc(/C=C/c2ccc3cccc([N+](=O)[O-])c3n2)cc(OC)c1O. The summed E-state index contributed by atoms with van der Waals surface area (Å²) in [5, 5.41) is 21.8. The maximum absolute atomic E-state index is 11.2. The van der Waals surface area contributed by atoms with Gasteiger partial charge in [0.2, 0.25) is 5.75 Å². The molecule has 132 valence electrons. The minimum absolute atomic E-state index is 0.0364. The molecule has 0 aliphatic heterocycles. The van der Waals surface area contributed by atoms with Gasteiger partial charge in [-0.2, -0.15) is 0 Å². The maximum Gasteiger partial charge on any atom is 0.295 e. The van der Waals surface area contributed by atoms with Crippen LogP contribution in [0.15, 0.2) is 42.5 Å². The van der Waals surface area contributed by atoms with Crippen LogP contribution in [0.3, 0.4) is 0 Å². The summed E-state index contributed by atoms with van der Waals surface area (Å²) in [6, 6.07) is 11.7. The Bertz CT molecular complexity index is 989. The summed E-state index contributed by atoms with van der Waals surface area (Å²) in [5.41, 5.74) is 1.59. The van der Waals surface area contributed by atoms with E-state index in [1.54, 1.807) is 48.6 Å². The molecule has 7 nitrogen and oxygen atoms in total. The second-order valence-electron chi connectivity index (χ2n) is 5.45. The number of nitro groups is 1.